The molecule has 1 N–H and O–H groups in total. The quantitative estimate of drug-likeness (QED) is 0.172. The van der Waals surface area contributed by atoms with E-state index in [0.29, 0.717) is 23.6 Å². The Labute approximate surface area is 262 Å². The van der Waals surface area contributed by atoms with E-state index in [4.69, 9.17) is 16.3 Å². The van der Waals surface area contributed by atoms with Crippen molar-refractivity contribution in [3.05, 3.63) is 90.5 Å². The molecule has 43 heavy (non-hydrogen) atoms. The topological polar surface area (TPSA) is 87.2 Å². The lowest BCUT2D eigenvalue weighted by molar-refractivity contribution is -0.155. The molecular formula is C34H39ClN2O5S. The molecule has 2 amide bonds. The van der Waals surface area contributed by atoms with Crippen molar-refractivity contribution in [2.45, 2.75) is 54.7 Å². The van der Waals surface area contributed by atoms with E-state index in [2.05, 4.69) is 20.1 Å². The van der Waals surface area contributed by atoms with E-state index >= 15 is 0 Å². The molecular weight excluding hydrogens is 584 g/mol. The number of fused-ring (bicyclic) bond motifs is 1. The Morgan fingerprint density at radius 1 is 1.16 bits per heavy atom. The Balaban J connectivity index is 1.58. The van der Waals surface area contributed by atoms with Crippen LogP contribution in [0, 0.1) is 17.8 Å². The Hall–Kier alpha value is -3.07. The fourth-order valence-electron chi connectivity index (χ4n) is 7.25. The van der Waals surface area contributed by atoms with Crippen molar-refractivity contribution >= 4 is 46.8 Å². The van der Waals surface area contributed by atoms with E-state index in [0.717, 1.165) is 18.4 Å². The number of aliphatic hydroxyl groups is 1. The van der Waals surface area contributed by atoms with Crippen LogP contribution in [0.5, 0.6) is 0 Å². The maximum Gasteiger partial charge on any atom is 0.310 e. The van der Waals surface area contributed by atoms with E-state index < -0.39 is 28.7 Å². The number of ether oxygens (including phenoxy) is 1. The summed E-state index contributed by atoms with van der Waals surface area (Å²) in [6.07, 6.45) is 6.61. The molecule has 0 aliphatic carbocycles. The van der Waals surface area contributed by atoms with Crippen LogP contribution in [0.3, 0.4) is 0 Å². The Bertz CT molecular complexity index is 1350. The lowest BCUT2D eigenvalue weighted by Gasteiger charge is -2.42. The average Bonchev–Trinajstić information content (AvgIpc) is 3.61. The minimum atomic E-state index is -0.923. The highest BCUT2D eigenvalue weighted by Gasteiger charge is 2.77. The molecule has 5 rings (SSSR count). The van der Waals surface area contributed by atoms with Gasteiger partial charge in [-0.3, -0.25) is 14.4 Å². The van der Waals surface area contributed by atoms with Crippen LogP contribution in [-0.2, 0) is 19.1 Å². The number of thioether (sulfide) groups is 1. The van der Waals surface area contributed by atoms with Gasteiger partial charge in [0.1, 0.15) is 6.04 Å². The molecule has 2 bridgehead atoms. The van der Waals surface area contributed by atoms with Gasteiger partial charge in [-0.2, -0.15) is 0 Å². The summed E-state index contributed by atoms with van der Waals surface area (Å²) in [5, 5.41) is 11.2. The van der Waals surface area contributed by atoms with Crippen molar-refractivity contribution in [2.75, 3.05) is 24.7 Å². The standard InChI is InChI=1S/C34H39ClN2O5S/c1-4-6-7-11-19-42-33(41)28-27-20-22(3)34(43-27)29(28)31(39)37(26(21-38)23-12-9-8-10-13-23)30(34)32(40)36(18-5-2)25-16-14-24(35)15-17-25/h4-5,8-10,12-17,22,26-30,38H,1-2,6-7,11,18-21H2,3H3/t22?,26-,27+,28-,29+,30?,34?/m1/s1. The molecule has 3 fully saturated rings. The number of benzene rings is 2. The average molecular weight is 623 g/mol. The smallest absolute Gasteiger partial charge is 0.310 e. The third-order valence-corrected chi connectivity index (χ3v) is 11.5. The van der Waals surface area contributed by atoms with Crippen LogP contribution in [0.2, 0.25) is 5.02 Å². The normalized spacial score (nSPS) is 27.9. The van der Waals surface area contributed by atoms with Gasteiger partial charge >= 0.3 is 5.97 Å². The summed E-state index contributed by atoms with van der Waals surface area (Å²) in [6.45, 7) is 9.82. The van der Waals surface area contributed by atoms with Gasteiger partial charge in [-0.05, 0) is 61.4 Å². The third-order valence-electron chi connectivity index (χ3n) is 9.15. The summed E-state index contributed by atoms with van der Waals surface area (Å²) in [5.74, 6) is -2.37. The number of unbranched alkanes of at least 4 members (excludes halogenated alkanes) is 2. The van der Waals surface area contributed by atoms with Gasteiger partial charge in [0.2, 0.25) is 5.91 Å². The first-order chi connectivity index (χ1) is 20.8. The molecule has 3 unspecified atom stereocenters. The van der Waals surface area contributed by atoms with E-state index in [1.807, 2.05) is 36.4 Å². The molecule has 2 aromatic rings. The summed E-state index contributed by atoms with van der Waals surface area (Å²) in [7, 11) is 0. The number of hydrogen-bond donors (Lipinski definition) is 1. The number of nitrogens with zero attached hydrogens (tertiary/aromatic N) is 2. The predicted octanol–water partition coefficient (Wildman–Crippen LogP) is 5.83. The number of carbonyl (C=O) groups excluding carboxylic acids is 3. The highest BCUT2D eigenvalue weighted by atomic mass is 35.5. The molecule has 7 nitrogen and oxygen atoms in total. The molecule has 2 aromatic carbocycles. The summed E-state index contributed by atoms with van der Waals surface area (Å²) < 4.78 is 4.89. The van der Waals surface area contributed by atoms with Crippen molar-refractivity contribution in [3.8, 4) is 0 Å². The second-order valence-electron chi connectivity index (χ2n) is 11.6. The Morgan fingerprint density at radius 2 is 1.88 bits per heavy atom. The van der Waals surface area contributed by atoms with Crippen LogP contribution < -0.4 is 4.90 Å². The molecule has 228 valence electrons. The van der Waals surface area contributed by atoms with Gasteiger partial charge in [0.05, 0.1) is 35.8 Å². The second-order valence-corrected chi connectivity index (χ2v) is 13.6. The van der Waals surface area contributed by atoms with Gasteiger partial charge in [-0.15, -0.1) is 24.9 Å². The largest absolute Gasteiger partial charge is 0.465 e. The zero-order valence-corrected chi connectivity index (χ0v) is 26.0. The Morgan fingerprint density at radius 3 is 2.53 bits per heavy atom. The van der Waals surface area contributed by atoms with Gasteiger partial charge in [-0.25, -0.2) is 0 Å². The lowest BCUT2D eigenvalue weighted by atomic mass is 9.66. The maximum atomic E-state index is 14.9. The lowest BCUT2D eigenvalue weighted by Crippen LogP contribution is -2.58. The molecule has 1 spiro atoms. The van der Waals surface area contributed by atoms with Crippen LogP contribution in [0.25, 0.3) is 0 Å². The number of carbonyl (C=O) groups is 3. The Kier molecular flexibility index (Phi) is 9.69. The van der Waals surface area contributed by atoms with Gasteiger partial charge in [0.15, 0.2) is 0 Å². The summed E-state index contributed by atoms with van der Waals surface area (Å²) in [4.78, 5) is 46.4. The highest BCUT2D eigenvalue weighted by molar-refractivity contribution is 8.02. The minimum absolute atomic E-state index is 0.0297. The first kappa shape index (κ1) is 31.4. The molecule has 9 heteroatoms. The van der Waals surface area contributed by atoms with Crippen molar-refractivity contribution in [2.24, 2.45) is 17.8 Å². The third kappa shape index (κ3) is 5.54. The number of amides is 2. The maximum absolute atomic E-state index is 14.9. The van der Waals surface area contributed by atoms with Crippen LogP contribution in [-0.4, -0.2) is 63.6 Å². The number of aliphatic hydroxyl groups excluding tert-OH is 1. The predicted molar refractivity (Wildman–Crippen MR) is 171 cm³/mol. The fourth-order valence-corrected chi connectivity index (χ4v) is 9.77. The summed E-state index contributed by atoms with van der Waals surface area (Å²) in [6, 6.07) is 14.6. The van der Waals surface area contributed by atoms with Crippen molar-refractivity contribution < 1.29 is 24.2 Å². The van der Waals surface area contributed by atoms with E-state index in [1.165, 1.54) is 0 Å². The zero-order chi connectivity index (χ0) is 30.7. The van der Waals surface area contributed by atoms with Gasteiger partial charge in [0.25, 0.3) is 5.91 Å². The summed E-state index contributed by atoms with van der Waals surface area (Å²) in [5.41, 5.74) is 1.35. The number of likely N-dealkylation sites (tertiary alicyclic amines) is 1. The molecule has 0 aromatic heterocycles. The first-order valence-electron chi connectivity index (χ1n) is 14.9. The SMILES string of the molecule is C=CCCCCOC(=O)[C@@H]1[C@@H]2CC(C)C3(S2)C(C(=O)N(CC=C)c2ccc(Cl)cc2)N([C@H](CO)c2ccccc2)C(=O)[C@H]13. The molecule has 3 heterocycles. The van der Waals surface area contributed by atoms with Crippen molar-refractivity contribution in [3.63, 3.8) is 0 Å². The van der Waals surface area contributed by atoms with E-state index in [9.17, 15) is 19.5 Å². The fraction of sp³-hybridized carbons (Fsp3) is 0.441. The highest BCUT2D eigenvalue weighted by Crippen LogP contribution is 2.69. The van der Waals surface area contributed by atoms with Gasteiger partial charge in [-0.1, -0.05) is 61.0 Å². The van der Waals surface area contributed by atoms with Crippen LogP contribution in [0.1, 0.15) is 44.2 Å². The number of anilines is 1. The monoisotopic (exact) mass is 622 g/mol. The summed E-state index contributed by atoms with van der Waals surface area (Å²) >= 11 is 7.75. The van der Waals surface area contributed by atoms with Crippen molar-refractivity contribution in [1.29, 1.82) is 0 Å². The number of hydrogen-bond acceptors (Lipinski definition) is 6. The first-order valence-corrected chi connectivity index (χ1v) is 16.2. The van der Waals surface area contributed by atoms with Crippen LogP contribution in [0.15, 0.2) is 79.9 Å². The molecule has 3 saturated heterocycles. The number of esters is 1. The minimum Gasteiger partial charge on any atom is -0.465 e. The second kappa shape index (κ2) is 13.3. The van der Waals surface area contributed by atoms with E-state index in [1.54, 1.807) is 51.9 Å². The van der Waals surface area contributed by atoms with Crippen LogP contribution >= 0.6 is 23.4 Å². The van der Waals surface area contributed by atoms with Gasteiger partial charge < -0.3 is 19.6 Å². The molecule has 0 saturated carbocycles. The number of allylic oxidation sites excluding steroid dienone is 1. The molecule has 3 aliphatic heterocycles. The van der Waals surface area contributed by atoms with Gasteiger partial charge in [0, 0.05) is 22.5 Å². The molecule has 0 radical (unpaired) electrons. The van der Waals surface area contributed by atoms with E-state index in [-0.39, 0.29) is 48.7 Å². The number of rotatable bonds is 13. The molecule has 7 atom stereocenters. The zero-order valence-electron chi connectivity index (χ0n) is 24.4. The number of halogens is 1. The van der Waals surface area contributed by atoms with Crippen LogP contribution in [0.4, 0.5) is 5.69 Å². The van der Waals surface area contributed by atoms with Crippen molar-refractivity contribution in [1.82, 2.24) is 4.90 Å². The molecule has 3 aliphatic rings.